The molecule has 8 heteroatoms. The zero-order chi connectivity index (χ0) is 21.6. The van der Waals surface area contributed by atoms with Crippen molar-refractivity contribution in [2.45, 2.75) is 69.6 Å². The number of carboxylic acid groups (broad SMARTS) is 1. The number of hydrogen-bond donors (Lipinski definition) is 2. The molecular formula is C21H29NO6S. The van der Waals surface area contributed by atoms with Crippen molar-refractivity contribution in [2.75, 3.05) is 5.75 Å². The average Bonchev–Trinajstić information content (AvgIpc) is 3.09. The number of nitrogens with zero attached hydrogens (tertiary/aromatic N) is 1. The molecule has 1 heterocycles. The Morgan fingerprint density at radius 3 is 2.38 bits per heavy atom. The van der Waals surface area contributed by atoms with E-state index in [1.807, 2.05) is 30.3 Å². The molecule has 160 valence electrons. The molecule has 1 aliphatic rings. The molecular weight excluding hydrogens is 394 g/mol. The number of unbranched alkanes of at least 4 members (excludes halogenated alkanes) is 1. The van der Waals surface area contributed by atoms with Crippen LogP contribution in [0, 0.1) is 0 Å². The minimum absolute atomic E-state index is 0.0111. The maximum Gasteiger partial charge on any atom is 0.411 e. The second-order valence-corrected chi connectivity index (χ2v) is 9.18. The minimum atomic E-state index is -1.34. The summed E-state index contributed by atoms with van der Waals surface area (Å²) in [5, 5.41) is 19.0. The van der Waals surface area contributed by atoms with E-state index in [-0.39, 0.29) is 24.0 Å². The first kappa shape index (κ1) is 23.2. The van der Waals surface area contributed by atoms with Gasteiger partial charge in [-0.3, -0.25) is 14.5 Å². The summed E-state index contributed by atoms with van der Waals surface area (Å²) in [5.41, 5.74) is 0.189. The van der Waals surface area contributed by atoms with Crippen molar-refractivity contribution in [2.24, 2.45) is 0 Å². The average molecular weight is 424 g/mol. The molecule has 3 atom stereocenters. The standard InChI is InChI=1S/C21H29NO6S/c1-21(2,3)28-20(27)22-15(13-29-19(22)14-9-5-4-6-10-14)18(26)16(23)11-7-8-12-17(24)25/h4-6,9-10,15,18-19,26H,7-8,11-13H2,1-3H3,(H,24,25)/t15-,18-,19+/m0/s1. The number of Topliss-reactive ketones (excluding diaryl/α,β-unsaturated/α-hetero) is 1. The molecule has 0 unspecified atom stereocenters. The van der Waals surface area contributed by atoms with Gasteiger partial charge in [-0.15, -0.1) is 11.8 Å². The Morgan fingerprint density at radius 2 is 1.79 bits per heavy atom. The number of carboxylic acids is 1. The van der Waals surface area contributed by atoms with Crippen molar-refractivity contribution >= 4 is 29.6 Å². The van der Waals surface area contributed by atoms with Crippen LogP contribution in [0.1, 0.15) is 57.4 Å². The first-order chi connectivity index (χ1) is 13.6. The van der Waals surface area contributed by atoms with Crippen LogP contribution in [0.15, 0.2) is 30.3 Å². The van der Waals surface area contributed by atoms with Crippen LogP contribution in [0.4, 0.5) is 4.79 Å². The number of rotatable bonds is 8. The number of aliphatic hydroxyl groups excluding tert-OH is 1. The van der Waals surface area contributed by atoms with E-state index >= 15 is 0 Å². The van der Waals surface area contributed by atoms with Crippen molar-refractivity contribution in [3.63, 3.8) is 0 Å². The SMILES string of the molecule is CC(C)(C)OC(=O)N1[C@@H](c2ccccc2)SC[C@H]1[C@H](O)C(=O)CCCCC(=O)O. The van der Waals surface area contributed by atoms with E-state index < -0.39 is 29.8 Å². The molecule has 0 aliphatic carbocycles. The molecule has 1 aromatic carbocycles. The largest absolute Gasteiger partial charge is 0.481 e. The summed E-state index contributed by atoms with van der Waals surface area (Å²) in [5.74, 6) is -0.892. The van der Waals surface area contributed by atoms with Crippen molar-refractivity contribution in [1.29, 1.82) is 0 Å². The van der Waals surface area contributed by atoms with Crippen molar-refractivity contribution in [3.05, 3.63) is 35.9 Å². The lowest BCUT2D eigenvalue weighted by Gasteiger charge is -2.33. The highest BCUT2D eigenvalue weighted by atomic mass is 32.2. The smallest absolute Gasteiger partial charge is 0.411 e. The molecule has 1 aromatic rings. The van der Waals surface area contributed by atoms with Gasteiger partial charge < -0.3 is 14.9 Å². The quantitative estimate of drug-likeness (QED) is 0.616. The zero-order valence-corrected chi connectivity index (χ0v) is 17.9. The normalized spacial score (nSPS) is 20.3. The topological polar surface area (TPSA) is 104 Å². The molecule has 7 nitrogen and oxygen atoms in total. The van der Waals surface area contributed by atoms with Gasteiger partial charge in [-0.05, 0) is 39.2 Å². The summed E-state index contributed by atoms with van der Waals surface area (Å²) in [6, 6.07) is 8.73. The lowest BCUT2D eigenvalue weighted by molar-refractivity contribution is -0.137. The van der Waals surface area contributed by atoms with Crippen LogP contribution in [0.5, 0.6) is 0 Å². The fraction of sp³-hybridized carbons (Fsp3) is 0.571. The van der Waals surface area contributed by atoms with Gasteiger partial charge in [-0.25, -0.2) is 4.79 Å². The van der Waals surface area contributed by atoms with Crippen LogP contribution in [0.3, 0.4) is 0 Å². The van der Waals surface area contributed by atoms with Gasteiger partial charge >= 0.3 is 12.1 Å². The number of amides is 1. The van der Waals surface area contributed by atoms with Crippen molar-refractivity contribution in [3.8, 4) is 0 Å². The number of aliphatic carboxylic acids is 1. The Kier molecular flexibility index (Phi) is 8.10. The minimum Gasteiger partial charge on any atom is -0.481 e. The monoisotopic (exact) mass is 423 g/mol. The van der Waals surface area contributed by atoms with Crippen LogP contribution in [-0.2, 0) is 14.3 Å². The van der Waals surface area contributed by atoms with Gasteiger partial charge in [0.1, 0.15) is 17.1 Å². The maximum absolute atomic E-state index is 12.9. The fourth-order valence-electron chi connectivity index (χ4n) is 3.13. The summed E-state index contributed by atoms with van der Waals surface area (Å²) in [4.78, 5) is 37.5. The molecule has 0 saturated carbocycles. The molecule has 0 radical (unpaired) electrons. The Balaban J connectivity index is 2.14. The highest BCUT2D eigenvalue weighted by molar-refractivity contribution is 7.99. The predicted octanol–water partition coefficient (Wildman–Crippen LogP) is 3.61. The van der Waals surface area contributed by atoms with Crippen molar-refractivity contribution in [1.82, 2.24) is 4.90 Å². The Labute approximate surface area is 175 Å². The number of benzene rings is 1. The van der Waals surface area contributed by atoms with E-state index in [0.29, 0.717) is 18.6 Å². The molecule has 1 amide bonds. The van der Waals surface area contributed by atoms with Gasteiger partial charge in [0.15, 0.2) is 5.78 Å². The molecule has 0 bridgehead atoms. The van der Waals surface area contributed by atoms with E-state index in [0.717, 1.165) is 5.56 Å². The summed E-state index contributed by atoms with van der Waals surface area (Å²) in [7, 11) is 0. The summed E-state index contributed by atoms with van der Waals surface area (Å²) in [6.45, 7) is 5.31. The van der Waals surface area contributed by atoms with Crippen molar-refractivity contribution < 1.29 is 29.3 Å². The van der Waals surface area contributed by atoms with Crippen LogP contribution < -0.4 is 0 Å². The van der Waals surface area contributed by atoms with E-state index in [2.05, 4.69) is 0 Å². The lowest BCUT2D eigenvalue weighted by Crippen LogP contribution is -2.49. The fourth-order valence-corrected chi connectivity index (χ4v) is 4.60. The summed E-state index contributed by atoms with van der Waals surface area (Å²) >= 11 is 1.48. The van der Waals surface area contributed by atoms with Crippen LogP contribution >= 0.6 is 11.8 Å². The maximum atomic E-state index is 12.9. The number of thioether (sulfide) groups is 1. The molecule has 29 heavy (non-hydrogen) atoms. The van der Waals surface area contributed by atoms with E-state index in [1.54, 1.807) is 20.8 Å². The third-order valence-electron chi connectivity index (χ3n) is 4.48. The molecule has 1 fully saturated rings. The number of carbonyl (C=O) groups excluding carboxylic acids is 2. The second-order valence-electron chi connectivity index (χ2n) is 8.06. The van der Waals surface area contributed by atoms with Gasteiger partial charge in [0.05, 0.1) is 6.04 Å². The molecule has 2 N–H and O–H groups in total. The first-order valence-corrected chi connectivity index (χ1v) is 10.8. The third kappa shape index (κ3) is 6.75. The number of aliphatic hydroxyl groups is 1. The lowest BCUT2D eigenvalue weighted by atomic mass is 10.0. The molecule has 2 rings (SSSR count). The van der Waals surface area contributed by atoms with Crippen LogP contribution in [-0.4, -0.2) is 56.5 Å². The molecule has 1 saturated heterocycles. The Bertz CT molecular complexity index is 718. The van der Waals surface area contributed by atoms with Crippen LogP contribution in [0.2, 0.25) is 0 Å². The second kappa shape index (κ2) is 10.1. The van der Waals surface area contributed by atoms with Gasteiger partial charge in [-0.1, -0.05) is 30.3 Å². The molecule has 0 aromatic heterocycles. The summed E-state index contributed by atoms with van der Waals surface area (Å²) in [6.07, 6.45) is -1.09. The van der Waals surface area contributed by atoms with Gasteiger partial charge in [0.25, 0.3) is 0 Å². The van der Waals surface area contributed by atoms with E-state index in [9.17, 15) is 19.5 Å². The Hall–Kier alpha value is -2.06. The third-order valence-corrected chi connectivity index (χ3v) is 5.83. The number of hydrogen-bond acceptors (Lipinski definition) is 6. The molecule has 0 spiro atoms. The van der Waals surface area contributed by atoms with Gasteiger partial charge in [0, 0.05) is 18.6 Å². The van der Waals surface area contributed by atoms with Crippen LogP contribution in [0.25, 0.3) is 0 Å². The number of ketones is 1. The first-order valence-electron chi connectivity index (χ1n) is 9.70. The Morgan fingerprint density at radius 1 is 1.17 bits per heavy atom. The zero-order valence-electron chi connectivity index (χ0n) is 17.0. The summed E-state index contributed by atoms with van der Waals surface area (Å²) < 4.78 is 5.54. The van der Waals surface area contributed by atoms with Gasteiger partial charge in [-0.2, -0.15) is 0 Å². The predicted molar refractivity (Wildman–Crippen MR) is 111 cm³/mol. The highest BCUT2D eigenvalue weighted by Crippen LogP contribution is 2.43. The number of ether oxygens (including phenoxy) is 1. The van der Waals surface area contributed by atoms with E-state index in [4.69, 9.17) is 9.84 Å². The highest BCUT2D eigenvalue weighted by Gasteiger charge is 2.45. The van der Waals surface area contributed by atoms with Gasteiger partial charge in [0.2, 0.25) is 0 Å². The molecule has 1 aliphatic heterocycles. The van der Waals surface area contributed by atoms with E-state index in [1.165, 1.54) is 16.7 Å². The number of carbonyl (C=O) groups is 3.